The highest BCUT2D eigenvalue weighted by atomic mass is 16.7. The lowest BCUT2D eigenvalue weighted by molar-refractivity contribution is -0.161. The fourth-order valence-electron chi connectivity index (χ4n) is 3.29. The van der Waals surface area contributed by atoms with E-state index < -0.39 is 6.09 Å². The minimum absolute atomic E-state index is 0.0777. The minimum Gasteiger partial charge on any atom is -0.465 e. The molecule has 1 aliphatic rings. The summed E-state index contributed by atoms with van der Waals surface area (Å²) in [5.74, 6) is 0. The number of benzene rings is 1. The smallest absolute Gasteiger partial charge is 0.407 e. The van der Waals surface area contributed by atoms with Crippen LogP contribution in [0.3, 0.4) is 0 Å². The molecule has 1 atom stereocenters. The molecule has 1 unspecified atom stereocenters. The Morgan fingerprint density at radius 2 is 2.07 bits per heavy atom. The van der Waals surface area contributed by atoms with Gasteiger partial charge in [0.2, 0.25) is 0 Å². The van der Waals surface area contributed by atoms with E-state index in [2.05, 4.69) is 11.1 Å². The van der Waals surface area contributed by atoms with Crippen LogP contribution in [0, 0.1) is 0 Å². The highest BCUT2D eigenvalue weighted by Gasteiger charge is 2.15. The standard InChI is InChI=1S/C22H28N2O4/c25-22(26)24(13-10-20-8-1-3-12-23-20)17-19-7-5-6-18(16-19)11-15-28-21-9-2-4-14-27-21/h1,3,5-8,12,16,21H,2,4,9-11,13-15,17H2,(H,25,26). The number of amides is 1. The van der Waals surface area contributed by atoms with Gasteiger partial charge in [-0.2, -0.15) is 0 Å². The van der Waals surface area contributed by atoms with Crippen molar-refractivity contribution in [3.8, 4) is 0 Å². The third-order valence-electron chi connectivity index (χ3n) is 4.83. The normalized spacial score (nSPS) is 16.6. The van der Waals surface area contributed by atoms with Crippen molar-refractivity contribution in [1.29, 1.82) is 0 Å². The van der Waals surface area contributed by atoms with Gasteiger partial charge in [0.1, 0.15) is 0 Å². The largest absolute Gasteiger partial charge is 0.465 e. The van der Waals surface area contributed by atoms with E-state index in [9.17, 15) is 9.90 Å². The summed E-state index contributed by atoms with van der Waals surface area (Å²) in [6.07, 6.45) is 5.35. The van der Waals surface area contributed by atoms with Crippen LogP contribution in [-0.4, -0.2) is 47.1 Å². The molecule has 6 nitrogen and oxygen atoms in total. The second-order valence-electron chi connectivity index (χ2n) is 7.01. The van der Waals surface area contributed by atoms with Gasteiger partial charge in [0.25, 0.3) is 0 Å². The number of carboxylic acid groups (broad SMARTS) is 1. The first-order chi connectivity index (χ1) is 13.7. The summed E-state index contributed by atoms with van der Waals surface area (Å²) in [6.45, 7) is 2.17. The molecule has 1 N–H and O–H groups in total. The maximum absolute atomic E-state index is 11.6. The fourth-order valence-corrected chi connectivity index (χ4v) is 3.29. The van der Waals surface area contributed by atoms with Gasteiger partial charge < -0.3 is 19.5 Å². The molecule has 0 aliphatic carbocycles. The van der Waals surface area contributed by atoms with Gasteiger partial charge in [0, 0.05) is 38.0 Å². The minimum atomic E-state index is -0.917. The molecular formula is C22H28N2O4. The number of pyridine rings is 1. The van der Waals surface area contributed by atoms with Crippen molar-refractivity contribution in [3.05, 3.63) is 65.5 Å². The molecule has 2 heterocycles. The molecule has 28 heavy (non-hydrogen) atoms. The summed E-state index contributed by atoms with van der Waals surface area (Å²) < 4.78 is 11.4. The number of hydrogen-bond donors (Lipinski definition) is 1. The van der Waals surface area contributed by atoms with E-state index in [0.717, 1.165) is 49.1 Å². The van der Waals surface area contributed by atoms with E-state index in [4.69, 9.17) is 9.47 Å². The molecule has 1 aromatic heterocycles. The van der Waals surface area contributed by atoms with Crippen LogP contribution in [0.4, 0.5) is 4.79 Å². The molecular weight excluding hydrogens is 356 g/mol. The van der Waals surface area contributed by atoms with Crippen LogP contribution in [-0.2, 0) is 28.9 Å². The number of hydrogen-bond acceptors (Lipinski definition) is 4. The first-order valence-corrected chi connectivity index (χ1v) is 9.89. The van der Waals surface area contributed by atoms with Crippen LogP contribution in [0.5, 0.6) is 0 Å². The second-order valence-corrected chi connectivity index (χ2v) is 7.01. The van der Waals surface area contributed by atoms with Crippen LogP contribution in [0.2, 0.25) is 0 Å². The Morgan fingerprint density at radius 1 is 1.18 bits per heavy atom. The molecule has 1 amide bonds. The Bertz CT molecular complexity index is 732. The quantitative estimate of drug-likeness (QED) is 0.710. The van der Waals surface area contributed by atoms with Crippen LogP contribution >= 0.6 is 0 Å². The van der Waals surface area contributed by atoms with Gasteiger partial charge in [0.05, 0.1) is 6.61 Å². The zero-order valence-corrected chi connectivity index (χ0v) is 16.1. The highest BCUT2D eigenvalue weighted by molar-refractivity contribution is 5.65. The zero-order valence-electron chi connectivity index (χ0n) is 16.1. The maximum Gasteiger partial charge on any atom is 0.407 e. The first-order valence-electron chi connectivity index (χ1n) is 9.89. The third-order valence-corrected chi connectivity index (χ3v) is 4.83. The molecule has 1 aliphatic heterocycles. The van der Waals surface area contributed by atoms with Gasteiger partial charge >= 0.3 is 6.09 Å². The average molecular weight is 384 g/mol. The van der Waals surface area contributed by atoms with Crippen LogP contribution < -0.4 is 0 Å². The number of ether oxygens (including phenoxy) is 2. The van der Waals surface area contributed by atoms with Gasteiger partial charge in [0.15, 0.2) is 6.29 Å². The van der Waals surface area contributed by atoms with E-state index in [1.54, 1.807) is 6.20 Å². The van der Waals surface area contributed by atoms with Crippen molar-refractivity contribution >= 4 is 6.09 Å². The molecule has 6 heteroatoms. The van der Waals surface area contributed by atoms with Crippen LogP contribution in [0.15, 0.2) is 48.7 Å². The van der Waals surface area contributed by atoms with Crippen molar-refractivity contribution < 1.29 is 19.4 Å². The third kappa shape index (κ3) is 6.62. The zero-order chi connectivity index (χ0) is 19.6. The predicted molar refractivity (Wildman–Crippen MR) is 106 cm³/mol. The van der Waals surface area contributed by atoms with E-state index in [0.29, 0.717) is 26.1 Å². The molecule has 3 rings (SSSR count). The molecule has 0 radical (unpaired) electrons. The van der Waals surface area contributed by atoms with Crippen molar-refractivity contribution in [2.24, 2.45) is 0 Å². The van der Waals surface area contributed by atoms with Gasteiger partial charge in [-0.1, -0.05) is 30.3 Å². The Balaban J connectivity index is 1.50. The SMILES string of the molecule is O=C(O)N(CCc1ccccn1)Cc1cccc(CCOC2CCCCO2)c1. The van der Waals surface area contributed by atoms with Crippen molar-refractivity contribution in [2.45, 2.75) is 44.9 Å². The lowest BCUT2D eigenvalue weighted by Gasteiger charge is -2.22. The van der Waals surface area contributed by atoms with Gasteiger partial charge in [-0.25, -0.2) is 4.79 Å². The summed E-state index contributed by atoms with van der Waals surface area (Å²) >= 11 is 0. The molecule has 150 valence electrons. The molecule has 1 saturated heterocycles. The second kappa shape index (κ2) is 10.8. The Labute approximate surface area is 166 Å². The summed E-state index contributed by atoms with van der Waals surface area (Å²) in [7, 11) is 0. The van der Waals surface area contributed by atoms with Crippen LogP contribution in [0.25, 0.3) is 0 Å². The topological polar surface area (TPSA) is 71.9 Å². The molecule has 0 spiro atoms. The Hall–Kier alpha value is -2.44. The maximum atomic E-state index is 11.6. The summed E-state index contributed by atoms with van der Waals surface area (Å²) in [5.41, 5.74) is 3.02. The highest BCUT2D eigenvalue weighted by Crippen LogP contribution is 2.15. The van der Waals surface area contributed by atoms with E-state index in [1.807, 2.05) is 36.4 Å². The van der Waals surface area contributed by atoms with Gasteiger partial charge in [-0.3, -0.25) is 4.98 Å². The van der Waals surface area contributed by atoms with E-state index in [1.165, 1.54) is 4.90 Å². The molecule has 2 aromatic rings. The number of nitrogens with zero attached hydrogens (tertiary/aromatic N) is 2. The summed E-state index contributed by atoms with van der Waals surface area (Å²) in [6, 6.07) is 13.7. The first kappa shape index (κ1) is 20.3. The average Bonchev–Trinajstić information content (AvgIpc) is 2.73. The van der Waals surface area contributed by atoms with Crippen LogP contribution in [0.1, 0.15) is 36.1 Å². The van der Waals surface area contributed by atoms with E-state index >= 15 is 0 Å². The number of carbonyl (C=O) groups is 1. The van der Waals surface area contributed by atoms with Gasteiger partial charge in [-0.15, -0.1) is 0 Å². The number of aromatic nitrogens is 1. The van der Waals surface area contributed by atoms with Crippen molar-refractivity contribution in [2.75, 3.05) is 19.8 Å². The Kier molecular flexibility index (Phi) is 7.82. The van der Waals surface area contributed by atoms with Crippen molar-refractivity contribution in [3.63, 3.8) is 0 Å². The fraction of sp³-hybridized carbons (Fsp3) is 0.455. The lowest BCUT2D eigenvalue weighted by atomic mass is 10.1. The molecule has 0 bridgehead atoms. The summed E-state index contributed by atoms with van der Waals surface area (Å²) in [5, 5.41) is 9.54. The lowest BCUT2D eigenvalue weighted by Crippen LogP contribution is -2.31. The Morgan fingerprint density at radius 3 is 2.82 bits per heavy atom. The van der Waals surface area contributed by atoms with Crippen molar-refractivity contribution in [1.82, 2.24) is 9.88 Å². The van der Waals surface area contributed by atoms with E-state index in [-0.39, 0.29) is 6.29 Å². The number of rotatable bonds is 9. The predicted octanol–water partition coefficient (Wildman–Crippen LogP) is 3.89. The van der Waals surface area contributed by atoms with Gasteiger partial charge in [-0.05, 0) is 48.9 Å². The molecule has 0 saturated carbocycles. The molecule has 1 fully saturated rings. The summed E-state index contributed by atoms with van der Waals surface area (Å²) in [4.78, 5) is 17.3. The molecule has 1 aromatic carbocycles. The monoisotopic (exact) mass is 384 g/mol.